The maximum absolute atomic E-state index is 12.7. The second-order valence-corrected chi connectivity index (χ2v) is 8.32. The first-order valence-electron chi connectivity index (χ1n) is 10.3. The number of aromatic nitrogens is 5. The van der Waals surface area contributed by atoms with E-state index < -0.39 is 24.7 Å². The predicted molar refractivity (Wildman–Crippen MR) is 106 cm³/mol. The molecule has 0 amide bonds. The fraction of sp³-hybridized carbons (Fsp3) is 0.500. The van der Waals surface area contributed by atoms with Crippen LogP contribution in [0.3, 0.4) is 0 Å². The van der Waals surface area contributed by atoms with E-state index in [9.17, 15) is 22.0 Å². The first kappa shape index (κ1) is 20.8. The highest BCUT2D eigenvalue weighted by molar-refractivity contribution is 5.71. The number of pyridine rings is 1. The van der Waals surface area contributed by atoms with Crippen LogP contribution in [0.15, 0.2) is 30.7 Å². The summed E-state index contributed by atoms with van der Waals surface area (Å²) in [5, 5.41) is 7.27. The SMILES string of the molecule is FC(F)Cn1ncc2ncc(N[C@@H]3C[C@@H]4CN(c5ccc(C(F)(F)F)cn5)C[C@@H]4C3)nc21. The summed E-state index contributed by atoms with van der Waals surface area (Å²) in [6.45, 7) is 0.920. The molecule has 3 atom stereocenters. The molecule has 2 fully saturated rings. The van der Waals surface area contributed by atoms with Gasteiger partial charge in [-0.25, -0.2) is 28.4 Å². The molecule has 5 rings (SSSR count). The van der Waals surface area contributed by atoms with Gasteiger partial charge in [-0.2, -0.15) is 18.3 Å². The lowest BCUT2D eigenvalue weighted by Crippen LogP contribution is -2.26. The van der Waals surface area contributed by atoms with Crippen molar-refractivity contribution in [3.63, 3.8) is 0 Å². The highest BCUT2D eigenvalue weighted by Gasteiger charge is 2.41. The Bertz CT molecular complexity index is 1080. The lowest BCUT2D eigenvalue weighted by Gasteiger charge is -2.21. The van der Waals surface area contributed by atoms with Gasteiger partial charge in [0.05, 0.1) is 18.0 Å². The van der Waals surface area contributed by atoms with E-state index in [1.165, 1.54) is 12.3 Å². The zero-order chi connectivity index (χ0) is 22.5. The Kier molecular flexibility index (Phi) is 5.09. The minimum Gasteiger partial charge on any atom is -0.366 e. The van der Waals surface area contributed by atoms with Crippen LogP contribution in [-0.2, 0) is 12.7 Å². The van der Waals surface area contributed by atoms with Gasteiger partial charge in [-0.05, 0) is 36.8 Å². The highest BCUT2D eigenvalue weighted by Crippen LogP contribution is 2.40. The van der Waals surface area contributed by atoms with Gasteiger partial charge in [-0.1, -0.05) is 0 Å². The maximum Gasteiger partial charge on any atom is 0.417 e. The second-order valence-electron chi connectivity index (χ2n) is 8.32. The molecule has 0 radical (unpaired) electrons. The van der Waals surface area contributed by atoms with E-state index >= 15 is 0 Å². The van der Waals surface area contributed by atoms with Gasteiger partial charge in [0.1, 0.15) is 23.7 Å². The van der Waals surface area contributed by atoms with Gasteiger partial charge < -0.3 is 10.2 Å². The minimum atomic E-state index is -4.39. The van der Waals surface area contributed by atoms with Crippen LogP contribution in [0.1, 0.15) is 18.4 Å². The Labute approximate surface area is 179 Å². The molecule has 1 aliphatic heterocycles. The Hall–Kier alpha value is -3.05. The number of nitrogens with one attached hydrogen (secondary N) is 1. The molecule has 0 unspecified atom stereocenters. The molecule has 0 aromatic carbocycles. The van der Waals surface area contributed by atoms with Crippen LogP contribution in [0.5, 0.6) is 0 Å². The van der Waals surface area contributed by atoms with Gasteiger partial charge >= 0.3 is 6.18 Å². The van der Waals surface area contributed by atoms with E-state index in [1.807, 2.05) is 4.90 Å². The van der Waals surface area contributed by atoms with Crippen LogP contribution in [-0.4, -0.2) is 50.3 Å². The summed E-state index contributed by atoms with van der Waals surface area (Å²) >= 11 is 0. The molecule has 0 spiro atoms. The zero-order valence-corrected chi connectivity index (χ0v) is 16.8. The van der Waals surface area contributed by atoms with Crippen molar-refractivity contribution in [2.45, 2.75) is 38.0 Å². The van der Waals surface area contributed by atoms with E-state index in [0.29, 0.717) is 34.6 Å². The molecule has 3 aromatic heterocycles. The van der Waals surface area contributed by atoms with Gasteiger partial charge in [0.25, 0.3) is 6.43 Å². The fourth-order valence-electron chi connectivity index (χ4n) is 4.74. The number of nitrogens with zero attached hydrogens (tertiary/aromatic N) is 6. The van der Waals surface area contributed by atoms with Crippen LogP contribution in [0.4, 0.5) is 33.6 Å². The normalized spacial score (nSPS) is 23.3. The Balaban J connectivity index is 1.21. The highest BCUT2D eigenvalue weighted by atomic mass is 19.4. The molecular formula is C20H20F5N7. The molecule has 1 N–H and O–H groups in total. The van der Waals surface area contributed by atoms with E-state index in [-0.39, 0.29) is 6.04 Å². The summed E-state index contributed by atoms with van der Waals surface area (Å²) in [6.07, 6.45) is -1.32. The van der Waals surface area contributed by atoms with Crippen LogP contribution >= 0.6 is 0 Å². The monoisotopic (exact) mass is 453 g/mol. The minimum absolute atomic E-state index is 0.158. The number of anilines is 2. The van der Waals surface area contributed by atoms with Crippen molar-refractivity contribution in [3.8, 4) is 0 Å². The van der Waals surface area contributed by atoms with Crippen LogP contribution in [0.25, 0.3) is 11.2 Å². The van der Waals surface area contributed by atoms with Gasteiger partial charge in [-0.15, -0.1) is 0 Å². The molecule has 1 aliphatic carbocycles. The molecular weight excluding hydrogens is 433 g/mol. The summed E-state index contributed by atoms with van der Waals surface area (Å²) in [7, 11) is 0. The number of fused-ring (bicyclic) bond motifs is 2. The molecule has 1 saturated carbocycles. The number of halogens is 5. The third-order valence-electron chi connectivity index (χ3n) is 6.16. The molecule has 170 valence electrons. The Morgan fingerprint density at radius 3 is 2.41 bits per heavy atom. The van der Waals surface area contributed by atoms with Gasteiger partial charge in [0, 0.05) is 25.3 Å². The number of hydrogen-bond acceptors (Lipinski definition) is 6. The molecule has 0 bridgehead atoms. The first-order valence-corrected chi connectivity index (χ1v) is 10.3. The van der Waals surface area contributed by atoms with E-state index in [1.54, 1.807) is 6.20 Å². The summed E-state index contributed by atoms with van der Waals surface area (Å²) in [5.74, 6) is 1.84. The van der Waals surface area contributed by atoms with E-state index in [2.05, 4.69) is 25.4 Å². The number of alkyl halides is 5. The summed E-state index contributed by atoms with van der Waals surface area (Å²) in [5.41, 5.74) is 0.0186. The van der Waals surface area contributed by atoms with Crippen LogP contribution in [0.2, 0.25) is 0 Å². The summed E-state index contributed by atoms with van der Waals surface area (Å²) in [6, 6.07) is 2.65. The topological polar surface area (TPSA) is 71.8 Å². The van der Waals surface area contributed by atoms with Crippen LogP contribution < -0.4 is 10.2 Å². The fourth-order valence-corrected chi connectivity index (χ4v) is 4.74. The van der Waals surface area contributed by atoms with E-state index in [4.69, 9.17) is 0 Å². The third-order valence-corrected chi connectivity index (χ3v) is 6.16. The molecule has 2 aliphatic rings. The van der Waals surface area contributed by atoms with Gasteiger partial charge in [0.15, 0.2) is 5.65 Å². The Morgan fingerprint density at radius 1 is 1.03 bits per heavy atom. The molecule has 1 saturated heterocycles. The summed E-state index contributed by atoms with van der Waals surface area (Å²) in [4.78, 5) is 14.7. The van der Waals surface area contributed by atoms with Crippen molar-refractivity contribution < 1.29 is 22.0 Å². The average molecular weight is 453 g/mol. The Morgan fingerprint density at radius 2 is 1.78 bits per heavy atom. The summed E-state index contributed by atoms with van der Waals surface area (Å²) < 4.78 is 64.8. The number of rotatable bonds is 5. The van der Waals surface area contributed by atoms with Crippen molar-refractivity contribution in [2.75, 3.05) is 23.3 Å². The van der Waals surface area contributed by atoms with Gasteiger partial charge in [-0.3, -0.25) is 0 Å². The third kappa shape index (κ3) is 4.05. The van der Waals surface area contributed by atoms with Crippen molar-refractivity contribution in [1.82, 2.24) is 24.7 Å². The quantitative estimate of drug-likeness (QED) is 0.592. The van der Waals surface area contributed by atoms with Crippen LogP contribution in [0, 0.1) is 11.8 Å². The molecule has 4 heterocycles. The predicted octanol–water partition coefficient (Wildman–Crippen LogP) is 3.83. The molecule has 3 aromatic rings. The zero-order valence-electron chi connectivity index (χ0n) is 16.8. The van der Waals surface area contributed by atoms with Crippen molar-refractivity contribution >= 4 is 22.8 Å². The lowest BCUT2D eigenvalue weighted by molar-refractivity contribution is -0.137. The standard InChI is InChI=1S/C20H20F5N7/c21-16(22)10-32-19-15(6-28-32)26-7-17(30-19)29-14-3-11-8-31(9-12(11)4-14)18-2-1-13(5-27-18)20(23,24)25/h1-2,5-7,11-12,14,16H,3-4,8-10H2,(H,29,30)/t11-,12+,14-. The maximum atomic E-state index is 12.7. The molecule has 12 heteroatoms. The molecule has 32 heavy (non-hydrogen) atoms. The second kappa shape index (κ2) is 7.82. The molecule has 7 nitrogen and oxygen atoms in total. The average Bonchev–Trinajstić information content (AvgIpc) is 3.41. The van der Waals surface area contributed by atoms with E-state index in [0.717, 1.165) is 42.9 Å². The smallest absolute Gasteiger partial charge is 0.366 e. The van der Waals surface area contributed by atoms with Crippen molar-refractivity contribution in [2.24, 2.45) is 11.8 Å². The van der Waals surface area contributed by atoms with Crippen molar-refractivity contribution in [1.29, 1.82) is 0 Å². The van der Waals surface area contributed by atoms with Crippen molar-refractivity contribution in [3.05, 3.63) is 36.3 Å². The van der Waals surface area contributed by atoms with Gasteiger partial charge in [0.2, 0.25) is 0 Å². The number of hydrogen-bond donors (Lipinski definition) is 1. The lowest BCUT2D eigenvalue weighted by atomic mass is 10.0. The largest absolute Gasteiger partial charge is 0.417 e. The first-order chi connectivity index (χ1) is 15.3.